The van der Waals surface area contributed by atoms with Gasteiger partial charge in [-0.05, 0) is 24.1 Å². The maximum Gasteiger partial charge on any atom is 0.233 e. The number of likely N-dealkylation sites (N-methyl/N-ethyl adjacent to an activating group) is 1. The van der Waals surface area contributed by atoms with E-state index in [1.54, 1.807) is 18.7 Å². The van der Waals surface area contributed by atoms with Crippen LogP contribution in [0.5, 0.6) is 5.75 Å². The number of piperazine rings is 1. The normalized spacial score (nSPS) is 14.5. The Labute approximate surface area is 209 Å². The average Bonchev–Trinajstić information content (AvgIpc) is 3.56. The third kappa shape index (κ3) is 4.49. The van der Waals surface area contributed by atoms with Gasteiger partial charge in [-0.3, -0.25) is 19.8 Å². The highest BCUT2D eigenvalue weighted by Gasteiger charge is 2.23. The fourth-order valence-corrected chi connectivity index (χ4v) is 4.67. The minimum absolute atomic E-state index is 0.0495. The molecule has 1 amide bonds. The second-order valence-electron chi connectivity index (χ2n) is 9.18. The van der Waals surface area contributed by atoms with Crippen LogP contribution in [0.1, 0.15) is 25.3 Å². The van der Waals surface area contributed by atoms with Crippen molar-refractivity contribution in [2.24, 2.45) is 0 Å². The molecule has 0 atom stereocenters. The van der Waals surface area contributed by atoms with Crippen LogP contribution in [0.25, 0.3) is 28.3 Å². The van der Waals surface area contributed by atoms with Crippen LogP contribution in [-0.2, 0) is 4.79 Å². The summed E-state index contributed by atoms with van der Waals surface area (Å²) in [4.78, 5) is 25.2. The summed E-state index contributed by atoms with van der Waals surface area (Å²) < 4.78 is 7.25. The number of fused-ring (bicyclic) bond motifs is 1. The monoisotopic (exact) mass is 489 g/mol. The lowest BCUT2D eigenvalue weighted by atomic mass is 9.96. The van der Waals surface area contributed by atoms with Gasteiger partial charge in [-0.1, -0.05) is 13.8 Å². The number of aromatic amines is 1. The third-order valence-corrected chi connectivity index (χ3v) is 6.61. The first-order valence-electron chi connectivity index (χ1n) is 12.1. The van der Waals surface area contributed by atoms with E-state index in [9.17, 15) is 4.79 Å². The van der Waals surface area contributed by atoms with Gasteiger partial charge in [-0.15, -0.1) is 0 Å². The Morgan fingerprint density at radius 1 is 1.19 bits per heavy atom. The molecule has 4 aromatic heterocycles. The van der Waals surface area contributed by atoms with Gasteiger partial charge in [0.25, 0.3) is 0 Å². The second-order valence-corrected chi connectivity index (χ2v) is 9.18. The topological polar surface area (TPSA) is 117 Å². The first-order valence-corrected chi connectivity index (χ1v) is 12.1. The molecule has 0 aromatic carbocycles. The molecule has 5 heterocycles. The molecule has 188 valence electrons. The van der Waals surface area contributed by atoms with Gasteiger partial charge in [0.2, 0.25) is 5.91 Å². The third-order valence-electron chi connectivity index (χ3n) is 6.61. The molecule has 1 saturated heterocycles. The number of anilines is 1. The highest BCUT2D eigenvalue weighted by Crippen LogP contribution is 2.36. The molecule has 5 rings (SSSR count). The van der Waals surface area contributed by atoms with E-state index in [1.807, 2.05) is 24.5 Å². The number of H-pyrrole nitrogens is 1. The standard InChI is InChI=1S/C25H31N9O2/c1-16(2)22-23(17-11-20(36-4)25-28-15-29-34(25)13-17)30-31-24(22)19-6-5-18(12-27-19)33-9-7-32(8-10-33)14-21(35)26-3/h5-6,11-13,15-16H,7-10,14H2,1-4H3,(H,26,35)(H,30,31). The summed E-state index contributed by atoms with van der Waals surface area (Å²) in [5.41, 5.74) is 6.30. The Morgan fingerprint density at radius 2 is 2.00 bits per heavy atom. The summed E-state index contributed by atoms with van der Waals surface area (Å²) in [6.07, 6.45) is 5.34. The Balaban J connectivity index is 1.39. The number of nitrogens with zero attached hydrogens (tertiary/aromatic N) is 7. The van der Waals surface area contributed by atoms with Crippen LogP contribution in [0.3, 0.4) is 0 Å². The number of rotatable bonds is 7. The van der Waals surface area contributed by atoms with E-state index in [1.165, 1.54) is 6.33 Å². The molecular formula is C25H31N9O2. The van der Waals surface area contributed by atoms with E-state index in [0.29, 0.717) is 17.9 Å². The van der Waals surface area contributed by atoms with Gasteiger partial charge >= 0.3 is 0 Å². The predicted octanol–water partition coefficient (Wildman–Crippen LogP) is 2.18. The maximum atomic E-state index is 11.7. The first kappa shape index (κ1) is 23.7. The summed E-state index contributed by atoms with van der Waals surface area (Å²) in [6.45, 7) is 8.13. The summed E-state index contributed by atoms with van der Waals surface area (Å²) in [6, 6.07) is 6.08. The highest BCUT2D eigenvalue weighted by atomic mass is 16.5. The molecule has 11 heteroatoms. The molecule has 0 aliphatic carbocycles. The number of pyridine rings is 2. The Morgan fingerprint density at radius 3 is 2.67 bits per heavy atom. The number of nitrogens with one attached hydrogen (secondary N) is 2. The smallest absolute Gasteiger partial charge is 0.233 e. The second kappa shape index (κ2) is 9.94. The van der Waals surface area contributed by atoms with Crippen molar-refractivity contribution in [1.29, 1.82) is 0 Å². The Kier molecular flexibility index (Phi) is 6.55. The highest BCUT2D eigenvalue weighted by molar-refractivity contribution is 5.78. The molecule has 2 N–H and O–H groups in total. The molecule has 0 radical (unpaired) electrons. The van der Waals surface area contributed by atoms with Gasteiger partial charge in [0, 0.05) is 50.6 Å². The van der Waals surface area contributed by atoms with Crippen molar-refractivity contribution >= 4 is 17.2 Å². The van der Waals surface area contributed by atoms with Crippen LogP contribution >= 0.6 is 0 Å². The molecule has 11 nitrogen and oxygen atoms in total. The van der Waals surface area contributed by atoms with Gasteiger partial charge in [-0.2, -0.15) is 10.2 Å². The number of carbonyl (C=O) groups is 1. The summed E-state index contributed by atoms with van der Waals surface area (Å²) >= 11 is 0. The number of amides is 1. The molecule has 1 aliphatic heterocycles. The van der Waals surface area contributed by atoms with E-state index in [0.717, 1.165) is 60.1 Å². The van der Waals surface area contributed by atoms with E-state index in [2.05, 4.69) is 55.3 Å². The van der Waals surface area contributed by atoms with E-state index < -0.39 is 0 Å². The van der Waals surface area contributed by atoms with E-state index in [4.69, 9.17) is 9.72 Å². The van der Waals surface area contributed by atoms with Crippen LogP contribution in [0.2, 0.25) is 0 Å². The number of carbonyl (C=O) groups excluding carboxylic acids is 1. The van der Waals surface area contributed by atoms with Gasteiger partial charge in [-0.25, -0.2) is 9.50 Å². The van der Waals surface area contributed by atoms with Crippen LogP contribution in [0, 0.1) is 0 Å². The molecule has 0 unspecified atom stereocenters. The van der Waals surface area contributed by atoms with E-state index in [-0.39, 0.29) is 11.8 Å². The van der Waals surface area contributed by atoms with Gasteiger partial charge in [0.05, 0.1) is 36.9 Å². The lowest BCUT2D eigenvalue weighted by molar-refractivity contribution is -0.121. The lowest BCUT2D eigenvalue weighted by Gasteiger charge is -2.35. The number of ether oxygens (including phenoxy) is 1. The molecule has 4 aromatic rings. The van der Waals surface area contributed by atoms with Crippen LogP contribution < -0.4 is 15.0 Å². The van der Waals surface area contributed by atoms with Crippen LogP contribution in [0.15, 0.2) is 36.9 Å². The molecule has 0 saturated carbocycles. The van der Waals surface area contributed by atoms with Gasteiger partial charge in [0.15, 0.2) is 11.4 Å². The number of hydrogen-bond acceptors (Lipinski definition) is 8. The molecule has 0 spiro atoms. The zero-order valence-electron chi connectivity index (χ0n) is 21.0. The lowest BCUT2D eigenvalue weighted by Crippen LogP contribution is -2.49. The van der Waals surface area contributed by atoms with Crippen molar-refractivity contribution in [3.63, 3.8) is 0 Å². The zero-order valence-corrected chi connectivity index (χ0v) is 21.0. The fraction of sp³-hybridized carbons (Fsp3) is 0.400. The maximum absolute atomic E-state index is 11.7. The van der Waals surface area contributed by atoms with Crippen molar-refractivity contribution in [2.45, 2.75) is 19.8 Å². The molecule has 1 fully saturated rings. The average molecular weight is 490 g/mol. The van der Waals surface area contributed by atoms with Crippen LogP contribution in [0.4, 0.5) is 5.69 Å². The summed E-state index contributed by atoms with van der Waals surface area (Å²) in [5, 5.41) is 14.9. The van der Waals surface area contributed by atoms with Crippen molar-refractivity contribution in [3.8, 4) is 28.4 Å². The van der Waals surface area contributed by atoms with E-state index >= 15 is 0 Å². The minimum Gasteiger partial charge on any atom is -0.493 e. The number of aromatic nitrogens is 6. The number of hydrogen-bond donors (Lipinski definition) is 2. The fourth-order valence-electron chi connectivity index (χ4n) is 4.67. The van der Waals surface area contributed by atoms with Gasteiger partial charge in [0.1, 0.15) is 12.0 Å². The quantitative estimate of drug-likeness (QED) is 0.406. The molecule has 1 aliphatic rings. The minimum atomic E-state index is 0.0495. The van der Waals surface area contributed by atoms with Crippen molar-refractivity contribution in [1.82, 2.24) is 40.0 Å². The summed E-state index contributed by atoms with van der Waals surface area (Å²) in [5.74, 6) is 0.906. The predicted molar refractivity (Wildman–Crippen MR) is 137 cm³/mol. The van der Waals surface area contributed by atoms with Crippen molar-refractivity contribution in [2.75, 3.05) is 51.8 Å². The van der Waals surface area contributed by atoms with Gasteiger partial charge < -0.3 is 15.0 Å². The first-order chi connectivity index (χ1) is 17.5. The molecule has 36 heavy (non-hydrogen) atoms. The van der Waals surface area contributed by atoms with Crippen LogP contribution in [-0.4, -0.2) is 87.5 Å². The molecular weight excluding hydrogens is 458 g/mol. The zero-order chi connectivity index (χ0) is 25.2. The van der Waals surface area contributed by atoms with Crippen molar-refractivity contribution in [3.05, 3.63) is 42.5 Å². The SMILES string of the molecule is CNC(=O)CN1CCN(c2ccc(-c3n[nH]c(-c4cc(OC)c5ncnn5c4)c3C(C)C)nc2)CC1. The molecule has 0 bridgehead atoms. The Hall–Kier alpha value is -3.99. The summed E-state index contributed by atoms with van der Waals surface area (Å²) in [7, 11) is 3.30. The Bertz CT molecular complexity index is 1350. The largest absolute Gasteiger partial charge is 0.493 e. The van der Waals surface area contributed by atoms with Crippen molar-refractivity contribution < 1.29 is 9.53 Å². The number of methoxy groups -OCH3 is 1.